The Bertz CT molecular complexity index is 1300. The summed E-state index contributed by atoms with van der Waals surface area (Å²) in [7, 11) is 0. The topological polar surface area (TPSA) is 13.1 Å². The summed E-state index contributed by atoms with van der Waals surface area (Å²) in [6, 6.07) is 21.7. The van der Waals surface area contributed by atoms with Gasteiger partial charge in [0.2, 0.25) is 0 Å². The summed E-state index contributed by atoms with van der Waals surface area (Å²) in [4.78, 5) is 0. The van der Waals surface area contributed by atoms with E-state index in [4.69, 9.17) is 16.0 Å². The Morgan fingerprint density at radius 1 is 0.679 bits per heavy atom. The van der Waals surface area contributed by atoms with E-state index < -0.39 is 0 Å². The standard InChI is InChI=1S/C26H17ClO/c1-18-8-3-5-10-20(18)14-16-22-23-12-7-13-24(27)26(23)28-25(22)17-15-21-11-6-4-9-19(21)2/h3-13H,1-2H3. The Kier molecular flexibility index (Phi) is 4.94. The van der Waals surface area contributed by atoms with Crippen LogP contribution in [0.25, 0.3) is 11.0 Å². The minimum absolute atomic E-state index is 0.535. The van der Waals surface area contributed by atoms with Gasteiger partial charge in [-0.2, -0.15) is 0 Å². The Balaban J connectivity index is 1.88. The normalized spacial score (nSPS) is 10.1. The fraction of sp³-hybridized carbons (Fsp3) is 0.0769. The molecule has 0 bridgehead atoms. The molecular weight excluding hydrogens is 364 g/mol. The molecule has 0 atom stereocenters. The molecule has 0 fully saturated rings. The van der Waals surface area contributed by atoms with Crippen LogP contribution in [0, 0.1) is 37.5 Å². The number of benzene rings is 3. The average Bonchev–Trinajstić information content (AvgIpc) is 3.06. The van der Waals surface area contributed by atoms with E-state index in [2.05, 4.69) is 23.7 Å². The molecule has 0 saturated heterocycles. The van der Waals surface area contributed by atoms with E-state index >= 15 is 0 Å². The second kappa shape index (κ2) is 7.69. The van der Waals surface area contributed by atoms with E-state index in [0.29, 0.717) is 16.4 Å². The molecular formula is C26H17ClO. The molecule has 3 aromatic carbocycles. The lowest BCUT2D eigenvalue weighted by Gasteiger charge is -1.95. The van der Waals surface area contributed by atoms with Gasteiger partial charge in [-0.1, -0.05) is 71.8 Å². The highest BCUT2D eigenvalue weighted by molar-refractivity contribution is 6.35. The monoisotopic (exact) mass is 380 g/mol. The third-order valence-electron chi connectivity index (χ3n) is 4.59. The highest BCUT2D eigenvalue weighted by atomic mass is 35.5. The smallest absolute Gasteiger partial charge is 0.194 e. The van der Waals surface area contributed by atoms with E-state index in [1.165, 1.54) is 0 Å². The molecule has 0 aliphatic carbocycles. The van der Waals surface area contributed by atoms with Crippen molar-refractivity contribution in [1.29, 1.82) is 0 Å². The summed E-state index contributed by atoms with van der Waals surface area (Å²) in [6.45, 7) is 4.09. The molecule has 28 heavy (non-hydrogen) atoms. The molecule has 1 aromatic heterocycles. The predicted octanol–water partition coefficient (Wildman–Crippen LogP) is 6.50. The Morgan fingerprint density at radius 3 is 1.93 bits per heavy atom. The first-order valence-electron chi connectivity index (χ1n) is 9.00. The van der Waals surface area contributed by atoms with E-state index in [0.717, 1.165) is 33.2 Å². The van der Waals surface area contributed by atoms with Gasteiger partial charge >= 0.3 is 0 Å². The Morgan fingerprint density at radius 2 is 1.29 bits per heavy atom. The fourth-order valence-corrected chi connectivity index (χ4v) is 3.19. The minimum Gasteiger partial charge on any atom is -0.445 e. The van der Waals surface area contributed by atoms with Crippen LogP contribution in [0.5, 0.6) is 0 Å². The van der Waals surface area contributed by atoms with Crippen molar-refractivity contribution in [3.05, 3.63) is 105 Å². The van der Waals surface area contributed by atoms with E-state index in [-0.39, 0.29) is 0 Å². The highest BCUT2D eigenvalue weighted by Gasteiger charge is 2.13. The van der Waals surface area contributed by atoms with E-state index in [1.807, 2.05) is 80.6 Å². The Labute approximate surface area is 170 Å². The lowest BCUT2D eigenvalue weighted by molar-refractivity contribution is 0.600. The number of para-hydroxylation sites is 1. The summed E-state index contributed by atoms with van der Waals surface area (Å²) < 4.78 is 6.00. The quantitative estimate of drug-likeness (QED) is 0.317. The molecule has 0 radical (unpaired) electrons. The largest absolute Gasteiger partial charge is 0.445 e. The van der Waals surface area contributed by atoms with Gasteiger partial charge in [-0.05, 0) is 55.2 Å². The van der Waals surface area contributed by atoms with E-state index in [9.17, 15) is 0 Å². The summed E-state index contributed by atoms with van der Waals surface area (Å²) in [5.41, 5.74) is 5.59. The van der Waals surface area contributed by atoms with Crippen molar-refractivity contribution in [1.82, 2.24) is 0 Å². The number of rotatable bonds is 0. The summed E-state index contributed by atoms with van der Waals surface area (Å²) in [5, 5.41) is 1.43. The van der Waals surface area contributed by atoms with Gasteiger partial charge in [0.1, 0.15) is 0 Å². The van der Waals surface area contributed by atoms with Crippen LogP contribution < -0.4 is 0 Å². The van der Waals surface area contributed by atoms with Crippen LogP contribution in [-0.2, 0) is 0 Å². The SMILES string of the molecule is Cc1ccccc1C#Cc1oc2c(Cl)cccc2c1C#Cc1ccccc1C. The van der Waals surface area contributed by atoms with Crippen molar-refractivity contribution in [2.75, 3.05) is 0 Å². The second-order valence-corrected chi connectivity index (χ2v) is 6.96. The molecule has 4 aromatic rings. The van der Waals surface area contributed by atoms with Gasteiger partial charge in [-0.15, -0.1) is 0 Å². The zero-order chi connectivity index (χ0) is 19.5. The number of hydrogen-bond donors (Lipinski definition) is 0. The van der Waals surface area contributed by atoms with Gasteiger partial charge < -0.3 is 4.42 Å². The molecule has 0 saturated carbocycles. The molecule has 0 aliphatic rings. The predicted molar refractivity (Wildman–Crippen MR) is 116 cm³/mol. The van der Waals surface area contributed by atoms with Gasteiger partial charge in [0.05, 0.1) is 10.6 Å². The molecule has 1 heterocycles. The molecule has 4 rings (SSSR count). The van der Waals surface area contributed by atoms with Crippen LogP contribution in [0.2, 0.25) is 5.02 Å². The Hall–Kier alpha value is -3.39. The number of hydrogen-bond acceptors (Lipinski definition) is 1. The molecule has 0 aliphatic heterocycles. The molecule has 2 heteroatoms. The average molecular weight is 381 g/mol. The van der Waals surface area contributed by atoms with Gasteiger partial charge in [0, 0.05) is 16.5 Å². The van der Waals surface area contributed by atoms with Crippen LogP contribution in [0.4, 0.5) is 0 Å². The fourth-order valence-electron chi connectivity index (χ4n) is 2.98. The zero-order valence-electron chi connectivity index (χ0n) is 15.6. The number of halogens is 1. The third kappa shape index (κ3) is 3.54. The van der Waals surface area contributed by atoms with Crippen molar-refractivity contribution in [3.63, 3.8) is 0 Å². The molecule has 0 unspecified atom stereocenters. The summed E-state index contributed by atoms with van der Waals surface area (Å²) in [6.07, 6.45) is 0. The third-order valence-corrected chi connectivity index (χ3v) is 4.89. The number of fused-ring (bicyclic) bond motifs is 1. The van der Waals surface area contributed by atoms with Gasteiger partial charge in [-0.25, -0.2) is 0 Å². The minimum atomic E-state index is 0.535. The molecule has 134 valence electrons. The van der Waals surface area contributed by atoms with Crippen LogP contribution >= 0.6 is 11.6 Å². The lowest BCUT2D eigenvalue weighted by atomic mass is 10.1. The first kappa shape index (κ1) is 18.0. The van der Waals surface area contributed by atoms with Gasteiger partial charge in [0.15, 0.2) is 11.3 Å². The maximum atomic E-state index is 6.34. The maximum Gasteiger partial charge on any atom is 0.194 e. The van der Waals surface area contributed by atoms with Crippen LogP contribution in [0.3, 0.4) is 0 Å². The first-order valence-corrected chi connectivity index (χ1v) is 9.37. The van der Waals surface area contributed by atoms with Gasteiger partial charge in [0.25, 0.3) is 0 Å². The van der Waals surface area contributed by atoms with E-state index in [1.54, 1.807) is 0 Å². The van der Waals surface area contributed by atoms with Crippen molar-refractivity contribution < 1.29 is 4.42 Å². The van der Waals surface area contributed by atoms with Crippen molar-refractivity contribution >= 4 is 22.6 Å². The molecule has 0 amide bonds. The van der Waals surface area contributed by atoms with Crippen molar-refractivity contribution in [2.24, 2.45) is 0 Å². The van der Waals surface area contributed by atoms with Gasteiger partial charge in [-0.3, -0.25) is 0 Å². The van der Waals surface area contributed by atoms with Crippen LogP contribution in [-0.4, -0.2) is 0 Å². The summed E-state index contributed by atoms with van der Waals surface area (Å²) >= 11 is 6.34. The molecule has 0 N–H and O–H groups in total. The first-order chi connectivity index (χ1) is 13.6. The number of furan rings is 1. The zero-order valence-corrected chi connectivity index (χ0v) is 16.4. The number of aryl methyl sites for hydroxylation is 2. The lowest BCUT2D eigenvalue weighted by Crippen LogP contribution is -1.83. The molecule has 0 spiro atoms. The van der Waals surface area contributed by atoms with Crippen LogP contribution in [0.1, 0.15) is 33.6 Å². The van der Waals surface area contributed by atoms with Crippen LogP contribution in [0.15, 0.2) is 71.1 Å². The van der Waals surface area contributed by atoms with Crippen molar-refractivity contribution in [3.8, 4) is 23.7 Å². The maximum absolute atomic E-state index is 6.34. The second-order valence-electron chi connectivity index (χ2n) is 6.55. The molecule has 1 nitrogen and oxygen atoms in total. The highest BCUT2D eigenvalue weighted by Crippen LogP contribution is 2.30. The van der Waals surface area contributed by atoms with Crippen molar-refractivity contribution in [2.45, 2.75) is 13.8 Å². The summed E-state index contributed by atoms with van der Waals surface area (Å²) in [5.74, 6) is 13.4.